The lowest BCUT2D eigenvalue weighted by Gasteiger charge is -2.07. The highest BCUT2D eigenvalue weighted by Gasteiger charge is 2.27. The van der Waals surface area contributed by atoms with E-state index in [9.17, 15) is 18.0 Å². The van der Waals surface area contributed by atoms with E-state index in [4.69, 9.17) is 0 Å². The second-order valence-electron chi connectivity index (χ2n) is 2.87. The van der Waals surface area contributed by atoms with Gasteiger partial charge in [-0.1, -0.05) is 18.2 Å². The minimum Gasteiger partial charge on any atom is -0.462 e. The molecule has 0 aliphatic heterocycles. The largest absolute Gasteiger partial charge is 0.462 e. The van der Waals surface area contributed by atoms with Gasteiger partial charge in [0.2, 0.25) is 0 Å². The average molecular weight is 218 g/mol. The van der Waals surface area contributed by atoms with E-state index < -0.39 is 25.2 Å². The molecule has 0 amide bonds. The van der Waals surface area contributed by atoms with Crippen LogP contribution in [0.25, 0.3) is 0 Å². The summed E-state index contributed by atoms with van der Waals surface area (Å²) in [5.74, 6) is -0.736. The summed E-state index contributed by atoms with van der Waals surface area (Å²) in [4.78, 5) is 11.1. The lowest BCUT2D eigenvalue weighted by atomic mass is 10.2. The lowest BCUT2D eigenvalue weighted by molar-refractivity contribution is -0.141. The molecule has 5 heteroatoms. The average Bonchev–Trinajstić information content (AvgIpc) is 2.17. The molecule has 82 valence electrons. The molecular weight excluding hydrogens is 209 g/mol. The van der Waals surface area contributed by atoms with Crippen molar-refractivity contribution >= 4 is 5.97 Å². The molecule has 1 aromatic carbocycles. The zero-order chi connectivity index (χ0) is 11.3. The number of benzene rings is 1. The van der Waals surface area contributed by atoms with Crippen LogP contribution in [-0.2, 0) is 4.74 Å². The van der Waals surface area contributed by atoms with Crippen LogP contribution in [0.4, 0.5) is 13.2 Å². The van der Waals surface area contributed by atoms with Crippen molar-refractivity contribution in [3.8, 4) is 0 Å². The van der Waals surface area contributed by atoms with Gasteiger partial charge in [0.25, 0.3) is 0 Å². The van der Waals surface area contributed by atoms with Crippen molar-refractivity contribution in [2.75, 3.05) is 6.61 Å². The Morgan fingerprint density at radius 3 is 2.33 bits per heavy atom. The van der Waals surface area contributed by atoms with E-state index in [0.29, 0.717) is 0 Å². The lowest BCUT2D eigenvalue weighted by Crippen LogP contribution is -2.14. The normalized spacial score (nSPS) is 11.1. The Balaban J connectivity index is 2.38. The Bertz CT molecular complexity index is 319. The smallest absolute Gasteiger partial charge is 0.392 e. The van der Waals surface area contributed by atoms with Crippen LogP contribution < -0.4 is 0 Å². The third kappa shape index (κ3) is 4.49. The van der Waals surface area contributed by atoms with Gasteiger partial charge in [-0.25, -0.2) is 4.79 Å². The third-order valence-electron chi connectivity index (χ3n) is 1.63. The van der Waals surface area contributed by atoms with Gasteiger partial charge in [0.15, 0.2) is 0 Å². The highest BCUT2D eigenvalue weighted by Crippen LogP contribution is 2.19. The Labute approximate surface area is 84.7 Å². The van der Waals surface area contributed by atoms with E-state index in [-0.39, 0.29) is 5.56 Å². The van der Waals surface area contributed by atoms with E-state index in [1.165, 1.54) is 12.1 Å². The van der Waals surface area contributed by atoms with Gasteiger partial charge < -0.3 is 4.74 Å². The van der Waals surface area contributed by atoms with Crippen molar-refractivity contribution in [1.82, 2.24) is 0 Å². The van der Waals surface area contributed by atoms with Crippen molar-refractivity contribution < 1.29 is 22.7 Å². The molecule has 1 aromatic rings. The number of esters is 1. The van der Waals surface area contributed by atoms with Crippen LogP contribution in [0, 0.1) is 0 Å². The number of carbonyl (C=O) groups excluding carboxylic acids is 1. The summed E-state index contributed by atoms with van der Waals surface area (Å²) in [6, 6.07) is 7.89. The number of carbonyl (C=O) groups is 1. The van der Waals surface area contributed by atoms with Crippen LogP contribution in [-0.4, -0.2) is 18.8 Å². The number of halogens is 3. The number of rotatable bonds is 3. The topological polar surface area (TPSA) is 26.3 Å². The molecule has 0 atom stereocenters. The maximum absolute atomic E-state index is 11.7. The molecule has 0 heterocycles. The van der Waals surface area contributed by atoms with Crippen molar-refractivity contribution in [2.24, 2.45) is 0 Å². The standard InChI is InChI=1S/C10H9F3O2/c11-10(12,13)6-7-15-9(14)8-4-2-1-3-5-8/h1-5H,6-7H2. The maximum Gasteiger partial charge on any atom is 0.392 e. The monoisotopic (exact) mass is 218 g/mol. The van der Waals surface area contributed by atoms with Gasteiger partial charge in [0.1, 0.15) is 6.61 Å². The molecule has 0 saturated heterocycles. The predicted molar refractivity (Wildman–Crippen MR) is 47.4 cm³/mol. The Morgan fingerprint density at radius 2 is 1.80 bits per heavy atom. The van der Waals surface area contributed by atoms with Gasteiger partial charge in [-0.2, -0.15) is 13.2 Å². The highest BCUT2D eigenvalue weighted by molar-refractivity contribution is 5.89. The quantitative estimate of drug-likeness (QED) is 0.729. The Morgan fingerprint density at radius 1 is 1.20 bits per heavy atom. The first-order valence-electron chi connectivity index (χ1n) is 4.28. The van der Waals surface area contributed by atoms with Crippen molar-refractivity contribution in [2.45, 2.75) is 12.6 Å². The maximum atomic E-state index is 11.7. The van der Waals surface area contributed by atoms with Crippen LogP contribution in [0.5, 0.6) is 0 Å². The Hall–Kier alpha value is -1.52. The minimum absolute atomic E-state index is 0.250. The van der Waals surface area contributed by atoms with Crippen LogP contribution in [0.2, 0.25) is 0 Å². The number of ether oxygens (including phenoxy) is 1. The number of alkyl halides is 3. The third-order valence-corrected chi connectivity index (χ3v) is 1.63. The molecule has 0 bridgehead atoms. The van der Waals surface area contributed by atoms with Gasteiger partial charge in [-0.05, 0) is 12.1 Å². The fourth-order valence-corrected chi connectivity index (χ4v) is 0.917. The fourth-order valence-electron chi connectivity index (χ4n) is 0.917. The minimum atomic E-state index is -4.29. The predicted octanol–water partition coefficient (Wildman–Crippen LogP) is 2.80. The van der Waals surface area contributed by atoms with Crippen LogP contribution in [0.15, 0.2) is 30.3 Å². The zero-order valence-electron chi connectivity index (χ0n) is 7.75. The van der Waals surface area contributed by atoms with E-state index in [0.717, 1.165) is 0 Å². The first-order chi connectivity index (χ1) is 6.99. The first kappa shape index (κ1) is 11.6. The molecular formula is C10H9F3O2. The molecule has 15 heavy (non-hydrogen) atoms. The zero-order valence-corrected chi connectivity index (χ0v) is 7.75. The molecule has 1 rings (SSSR count). The van der Waals surface area contributed by atoms with Crippen molar-refractivity contribution in [1.29, 1.82) is 0 Å². The molecule has 0 unspecified atom stereocenters. The number of hydrogen-bond donors (Lipinski definition) is 0. The molecule has 0 radical (unpaired) electrons. The van der Waals surface area contributed by atoms with Crippen molar-refractivity contribution in [3.05, 3.63) is 35.9 Å². The highest BCUT2D eigenvalue weighted by atomic mass is 19.4. The summed E-state index contributed by atoms with van der Waals surface area (Å²) in [6.07, 6.45) is -5.41. The fraction of sp³-hybridized carbons (Fsp3) is 0.300. The first-order valence-corrected chi connectivity index (χ1v) is 4.28. The SMILES string of the molecule is O=C(OCCC(F)(F)F)c1ccccc1. The summed E-state index contributed by atoms with van der Waals surface area (Å²) >= 11 is 0. The number of hydrogen-bond acceptors (Lipinski definition) is 2. The van der Waals surface area contributed by atoms with E-state index in [1.54, 1.807) is 18.2 Å². The summed E-state index contributed by atoms with van der Waals surface area (Å²) in [7, 11) is 0. The van der Waals surface area contributed by atoms with Gasteiger partial charge in [-0.15, -0.1) is 0 Å². The van der Waals surface area contributed by atoms with E-state index in [2.05, 4.69) is 4.74 Å². The van der Waals surface area contributed by atoms with Crippen LogP contribution in [0.3, 0.4) is 0 Å². The molecule has 0 N–H and O–H groups in total. The summed E-state index contributed by atoms with van der Waals surface area (Å²) < 4.78 is 39.6. The second-order valence-corrected chi connectivity index (χ2v) is 2.87. The summed E-state index contributed by atoms with van der Waals surface area (Å²) in [6.45, 7) is -0.642. The van der Waals surface area contributed by atoms with Crippen LogP contribution >= 0.6 is 0 Å². The molecule has 0 aliphatic rings. The molecule has 2 nitrogen and oxygen atoms in total. The Kier molecular flexibility index (Phi) is 3.71. The van der Waals surface area contributed by atoms with Crippen molar-refractivity contribution in [3.63, 3.8) is 0 Å². The van der Waals surface area contributed by atoms with Gasteiger partial charge in [-0.3, -0.25) is 0 Å². The molecule has 0 aliphatic carbocycles. The van der Waals surface area contributed by atoms with Gasteiger partial charge in [0.05, 0.1) is 12.0 Å². The summed E-state index contributed by atoms with van der Waals surface area (Å²) in [5, 5.41) is 0. The van der Waals surface area contributed by atoms with E-state index in [1.807, 2.05) is 0 Å². The molecule has 0 spiro atoms. The molecule has 0 aromatic heterocycles. The second kappa shape index (κ2) is 4.82. The summed E-state index contributed by atoms with van der Waals surface area (Å²) in [5.41, 5.74) is 0.250. The molecule has 0 fully saturated rings. The molecule has 0 saturated carbocycles. The van der Waals surface area contributed by atoms with Crippen LogP contribution in [0.1, 0.15) is 16.8 Å². The van der Waals surface area contributed by atoms with Gasteiger partial charge >= 0.3 is 12.1 Å². The van der Waals surface area contributed by atoms with E-state index >= 15 is 0 Å². The van der Waals surface area contributed by atoms with Gasteiger partial charge in [0, 0.05) is 0 Å².